The van der Waals surface area contributed by atoms with Gasteiger partial charge in [0.2, 0.25) is 5.91 Å². The Morgan fingerprint density at radius 2 is 1.96 bits per heavy atom. The number of rotatable bonds is 8. The van der Waals surface area contributed by atoms with Gasteiger partial charge in [-0.3, -0.25) is 4.79 Å². The van der Waals surface area contributed by atoms with Gasteiger partial charge in [-0.25, -0.2) is 4.39 Å². The van der Waals surface area contributed by atoms with Crippen LogP contribution in [0.25, 0.3) is 0 Å². The van der Waals surface area contributed by atoms with Crippen molar-refractivity contribution in [1.29, 1.82) is 0 Å². The van der Waals surface area contributed by atoms with E-state index in [4.69, 9.17) is 4.74 Å². The van der Waals surface area contributed by atoms with E-state index in [-0.39, 0.29) is 11.7 Å². The fourth-order valence-corrected chi connectivity index (χ4v) is 2.48. The highest BCUT2D eigenvalue weighted by atomic mass is 19.1. The molecule has 2 rings (SSSR count). The number of nitrogens with one attached hydrogen (secondary N) is 1. The van der Waals surface area contributed by atoms with E-state index in [1.807, 2.05) is 24.3 Å². The Morgan fingerprint density at radius 1 is 1.17 bits per heavy atom. The summed E-state index contributed by atoms with van der Waals surface area (Å²) in [4.78, 5) is 11.8. The van der Waals surface area contributed by atoms with Crippen LogP contribution in [0.5, 0.6) is 5.75 Å². The zero-order valence-electron chi connectivity index (χ0n) is 14.2. The third-order valence-electron chi connectivity index (χ3n) is 3.75. The van der Waals surface area contributed by atoms with Crippen molar-refractivity contribution in [3.05, 3.63) is 65.5 Å². The Labute approximate surface area is 142 Å². The lowest BCUT2D eigenvalue weighted by atomic mass is 10.0. The number of amides is 1. The average Bonchev–Trinajstić information content (AvgIpc) is 2.57. The lowest BCUT2D eigenvalue weighted by molar-refractivity contribution is -0.121. The molecule has 0 aliphatic carbocycles. The van der Waals surface area contributed by atoms with E-state index >= 15 is 0 Å². The number of hydrogen-bond acceptors (Lipinski definition) is 2. The number of hydrogen-bond donors (Lipinski definition) is 1. The maximum atomic E-state index is 13.1. The minimum atomic E-state index is -0.273. The average molecular weight is 329 g/mol. The molecular formula is C20H24FNO2. The molecule has 24 heavy (non-hydrogen) atoms. The van der Waals surface area contributed by atoms with Crippen LogP contribution in [0, 0.1) is 5.82 Å². The molecule has 3 nitrogen and oxygen atoms in total. The summed E-state index contributed by atoms with van der Waals surface area (Å²) in [6.07, 6.45) is 0.868. The molecule has 0 saturated heterocycles. The fraction of sp³-hybridized carbons (Fsp3) is 0.350. The quantitative estimate of drug-likeness (QED) is 0.741. The Balaban J connectivity index is 1.70. The van der Waals surface area contributed by atoms with Crippen molar-refractivity contribution in [3.8, 4) is 5.75 Å². The molecule has 0 aliphatic rings. The van der Waals surface area contributed by atoms with Gasteiger partial charge in [-0.15, -0.1) is 0 Å². The lowest BCUT2D eigenvalue weighted by Gasteiger charge is -2.14. The Hall–Kier alpha value is -2.36. The summed E-state index contributed by atoms with van der Waals surface area (Å²) >= 11 is 0. The number of carbonyl (C=O) groups excluding carboxylic acids is 1. The van der Waals surface area contributed by atoms with Crippen LogP contribution in [0.4, 0.5) is 4.39 Å². The molecule has 0 bridgehead atoms. The van der Waals surface area contributed by atoms with Gasteiger partial charge in [0.05, 0.1) is 6.54 Å². The molecule has 0 saturated carbocycles. The van der Waals surface area contributed by atoms with Crippen LogP contribution in [-0.4, -0.2) is 19.1 Å². The van der Waals surface area contributed by atoms with Gasteiger partial charge in [-0.2, -0.15) is 0 Å². The second kappa shape index (κ2) is 9.06. The summed E-state index contributed by atoms with van der Waals surface area (Å²) in [6.45, 7) is 5.12. The number of aryl methyl sites for hydroxylation is 1. The van der Waals surface area contributed by atoms with Gasteiger partial charge in [0.25, 0.3) is 0 Å². The van der Waals surface area contributed by atoms with Crippen molar-refractivity contribution >= 4 is 5.91 Å². The molecule has 0 atom stereocenters. The smallest absolute Gasteiger partial charge is 0.220 e. The monoisotopic (exact) mass is 329 g/mol. The van der Waals surface area contributed by atoms with Gasteiger partial charge in [0.1, 0.15) is 18.2 Å². The number of carbonyl (C=O) groups is 1. The highest BCUT2D eigenvalue weighted by molar-refractivity contribution is 5.76. The van der Waals surface area contributed by atoms with Crippen LogP contribution in [0.2, 0.25) is 0 Å². The molecular weight excluding hydrogens is 305 g/mol. The van der Waals surface area contributed by atoms with Crippen LogP contribution in [0.3, 0.4) is 0 Å². The van der Waals surface area contributed by atoms with Crippen LogP contribution in [-0.2, 0) is 11.2 Å². The zero-order valence-corrected chi connectivity index (χ0v) is 14.2. The molecule has 0 heterocycles. The Bertz CT molecular complexity index is 670. The number of benzene rings is 2. The fourth-order valence-electron chi connectivity index (χ4n) is 2.48. The molecule has 0 aliphatic heterocycles. The minimum absolute atomic E-state index is 0.0556. The minimum Gasteiger partial charge on any atom is -0.491 e. The lowest BCUT2D eigenvalue weighted by Crippen LogP contribution is -2.28. The summed E-state index contributed by atoms with van der Waals surface area (Å²) in [6, 6.07) is 14.3. The number of para-hydroxylation sites is 1. The highest BCUT2D eigenvalue weighted by Crippen LogP contribution is 2.25. The van der Waals surface area contributed by atoms with E-state index < -0.39 is 0 Å². The first-order valence-corrected chi connectivity index (χ1v) is 8.29. The predicted octanol–water partition coefficient (Wildman–Crippen LogP) is 4.08. The van der Waals surface area contributed by atoms with Crippen LogP contribution >= 0.6 is 0 Å². The van der Waals surface area contributed by atoms with Gasteiger partial charge in [0, 0.05) is 6.42 Å². The molecule has 1 N–H and O–H groups in total. The van der Waals surface area contributed by atoms with E-state index in [0.717, 1.165) is 16.9 Å². The van der Waals surface area contributed by atoms with E-state index in [2.05, 4.69) is 25.2 Å². The van der Waals surface area contributed by atoms with Crippen molar-refractivity contribution in [1.82, 2.24) is 5.32 Å². The summed E-state index contributed by atoms with van der Waals surface area (Å²) in [5, 5.41) is 2.83. The summed E-state index contributed by atoms with van der Waals surface area (Å²) < 4.78 is 18.8. The maximum absolute atomic E-state index is 13.1. The molecule has 4 heteroatoms. The van der Waals surface area contributed by atoms with E-state index in [1.165, 1.54) is 12.1 Å². The molecule has 2 aromatic rings. The van der Waals surface area contributed by atoms with Crippen molar-refractivity contribution in [2.75, 3.05) is 13.2 Å². The topological polar surface area (TPSA) is 38.3 Å². The molecule has 0 unspecified atom stereocenters. The first-order valence-electron chi connectivity index (χ1n) is 8.29. The van der Waals surface area contributed by atoms with Crippen LogP contribution in [0.1, 0.15) is 37.3 Å². The zero-order chi connectivity index (χ0) is 17.4. The van der Waals surface area contributed by atoms with Gasteiger partial charge >= 0.3 is 0 Å². The second-order valence-electron chi connectivity index (χ2n) is 6.02. The third-order valence-corrected chi connectivity index (χ3v) is 3.75. The van der Waals surface area contributed by atoms with E-state index in [0.29, 0.717) is 31.9 Å². The second-order valence-corrected chi connectivity index (χ2v) is 6.02. The highest BCUT2D eigenvalue weighted by Gasteiger charge is 2.07. The van der Waals surface area contributed by atoms with Gasteiger partial charge in [0.15, 0.2) is 0 Å². The first kappa shape index (κ1) is 18.0. The molecule has 0 radical (unpaired) electrons. The molecule has 128 valence electrons. The van der Waals surface area contributed by atoms with Crippen LogP contribution in [0.15, 0.2) is 48.5 Å². The third kappa shape index (κ3) is 5.69. The molecule has 0 fully saturated rings. The van der Waals surface area contributed by atoms with E-state index in [9.17, 15) is 9.18 Å². The Morgan fingerprint density at radius 3 is 2.71 bits per heavy atom. The van der Waals surface area contributed by atoms with Crippen molar-refractivity contribution in [2.45, 2.75) is 32.6 Å². The normalized spacial score (nSPS) is 10.7. The summed E-state index contributed by atoms with van der Waals surface area (Å²) in [5.41, 5.74) is 1.99. The number of halogens is 1. The predicted molar refractivity (Wildman–Crippen MR) is 93.8 cm³/mol. The molecule has 0 aromatic heterocycles. The van der Waals surface area contributed by atoms with Crippen molar-refractivity contribution < 1.29 is 13.9 Å². The van der Waals surface area contributed by atoms with Crippen LogP contribution < -0.4 is 10.1 Å². The van der Waals surface area contributed by atoms with Crippen molar-refractivity contribution in [2.24, 2.45) is 0 Å². The summed E-state index contributed by atoms with van der Waals surface area (Å²) in [5.74, 6) is 0.925. The van der Waals surface area contributed by atoms with Gasteiger partial charge < -0.3 is 10.1 Å². The Kier molecular flexibility index (Phi) is 6.79. The van der Waals surface area contributed by atoms with Gasteiger partial charge in [-0.05, 0) is 41.7 Å². The van der Waals surface area contributed by atoms with Gasteiger partial charge in [-0.1, -0.05) is 44.2 Å². The number of ether oxygens (including phenoxy) is 1. The SMILES string of the molecule is CC(C)c1ccccc1OCCNC(=O)CCc1cccc(F)c1. The summed E-state index contributed by atoms with van der Waals surface area (Å²) in [7, 11) is 0. The molecule has 0 spiro atoms. The van der Waals surface area contributed by atoms with E-state index in [1.54, 1.807) is 6.07 Å². The maximum Gasteiger partial charge on any atom is 0.220 e. The first-order chi connectivity index (χ1) is 11.6. The molecule has 2 aromatic carbocycles. The standard InChI is InChI=1S/C20H24FNO2/c1-15(2)18-8-3-4-9-19(18)24-13-12-22-20(23)11-10-16-6-5-7-17(21)14-16/h3-9,14-15H,10-13H2,1-2H3,(H,22,23). The molecule has 1 amide bonds. The van der Waals surface area contributed by atoms with Crippen molar-refractivity contribution in [3.63, 3.8) is 0 Å². The largest absolute Gasteiger partial charge is 0.491 e.